The highest BCUT2D eigenvalue weighted by atomic mass is 35.5. The van der Waals surface area contributed by atoms with E-state index in [9.17, 15) is 0 Å². The zero-order valence-electron chi connectivity index (χ0n) is 11.9. The van der Waals surface area contributed by atoms with E-state index in [0.717, 1.165) is 26.7 Å². The lowest BCUT2D eigenvalue weighted by molar-refractivity contribution is 0.620. The zero-order chi connectivity index (χ0) is 15.4. The Balaban J connectivity index is 1.86. The van der Waals surface area contributed by atoms with Gasteiger partial charge in [0.15, 0.2) is 5.58 Å². The normalized spacial score (nSPS) is 11.7. The summed E-state index contributed by atoms with van der Waals surface area (Å²) < 4.78 is 8.26. The molecule has 0 spiro atoms. The largest absolute Gasteiger partial charge is 0.436 e. The third-order valence-electron chi connectivity index (χ3n) is 3.99. The summed E-state index contributed by atoms with van der Waals surface area (Å²) in [5.41, 5.74) is 2.41. The molecule has 4 heteroatoms. The molecule has 0 saturated heterocycles. The lowest BCUT2D eigenvalue weighted by Crippen LogP contribution is -1.76. The Morgan fingerprint density at radius 3 is 2.57 bits per heavy atom. The van der Waals surface area contributed by atoms with Crippen molar-refractivity contribution in [1.29, 1.82) is 0 Å². The van der Waals surface area contributed by atoms with E-state index in [4.69, 9.17) is 16.0 Å². The standard InChI is InChI=1S/C19H10ClNOS/c20-16-17-14(22-19(21-17)11-6-2-1-3-7-11)10-13-12-8-4-5-9-15(12)23-18(13)16/h1-10H. The first kappa shape index (κ1) is 13.1. The molecule has 0 unspecified atom stereocenters. The van der Waals surface area contributed by atoms with E-state index in [1.165, 1.54) is 10.1 Å². The van der Waals surface area contributed by atoms with Crippen LogP contribution in [0.4, 0.5) is 0 Å². The quantitative estimate of drug-likeness (QED) is 0.348. The molecule has 2 heterocycles. The number of thiophene rings is 1. The Morgan fingerprint density at radius 2 is 1.70 bits per heavy atom. The summed E-state index contributed by atoms with van der Waals surface area (Å²) in [5, 5.41) is 3.00. The van der Waals surface area contributed by atoms with Crippen LogP contribution in [-0.4, -0.2) is 4.98 Å². The first-order valence-electron chi connectivity index (χ1n) is 7.27. The fourth-order valence-corrected chi connectivity index (χ4v) is 4.37. The number of hydrogen-bond donors (Lipinski definition) is 0. The van der Waals surface area contributed by atoms with Gasteiger partial charge in [-0.1, -0.05) is 48.0 Å². The SMILES string of the molecule is Clc1c2nc(-c3ccccc3)oc2cc2c1sc1ccccc12. The van der Waals surface area contributed by atoms with Gasteiger partial charge in [-0.25, -0.2) is 4.98 Å². The van der Waals surface area contributed by atoms with Crippen molar-refractivity contribution < 1.29 is 4.42 Å². The number of benzene rings is 3. The van der Waals surface area contributed by atoms with Crippen molar-refractivity contribution in [2.24, 2.45) is 0 Å². The lowest BCUT2D eigenvalue weighted by atomic mass is 10.1. The minimum atomic E-state index is 0.601. The molecule has 0 aliphatic carbocycles. The van der Waals surface area contributed by atoms with E-state index in [-0.39, 0.29) is 0 Å². The first-order valence-corrected chi connectivity index (χ1v) is 8.46. The van der Waals surface area contributed by atoms with Crippen LogP contribution in [0.15, 0.2) is 65.1 Å². The van der Waals surface area contributed by atoms with E-state index in [2.05, 4.69) is 23.2 Å². The topological polar surface area (TPSA) is 26.0 Å². The van der Waals surface area contributed by atoms with Crippen LogP contribution in [0.1, 0.15) is 0 Å². The third-order valence-corrected chi connectivity index (χ3v) is 5.67. The van der Waals surface area contributed by atoms with Crippen molar-refractivity contribution in [3.8, 4) is 11.5 Å². The van der Waals surface area contributed by atoms with Crippen LogP contribution in [0.2, 0.25) is 5.02 Å². The molecule has 3 aromatic carbocycles. The van der Waals surface area contributed by atoms with Gasteiger partial charge in [0.25, 0.3) is 0 Å². The van der Waals surface area contributed by atoms with Crippen molar-refractivity contribution in [1.82, 2.24) is 4.98 Å². The van der Waals surface area contributed by atoms with Crippen molar-refractivity contribution in [2.45, 2.75) is 0 Å². The molecule has 2 aromatic heterocycles. The molecule has 0 amide bonds. The highest BCUT2D eigenvalue weighted by molar-refractivity contribution is 7.26. The van der Waals surface area contributed by atoms with Crippen LogP contribution in [0.25, 0.3) is 42.7 Å². The second kappa shape index (κ2) is 4.82. The maximum Gasteiger partial charge on any atom is 0.227 e. The van der Waals surface area contributed by atoms with Crippen molar-refractivity contribution in [2.75, 3.05) is 0 Å². The van der Waals surface area contributed by atoms with Gasteiger partial charge in [-0.3, -0.25) is 0 Å². The molecule has 0 aliphatic heterocycles. The number of nitrogens with zero attached hydrogens (tertiary/aromatic N) is 1. The Morgan fingerprint density at radius 1 is 0.913 bits per heavy atom. The number of hydrogen-bond acceptors (Lipinski definition) is 3. The van der Waals surface area contributed by atoms with Crippen molar-refractivity contribution in [3.05, 3.63) is 65.7 Å². The second-order valence-corrected chi connectivity index (χ2v) is 6.83. The van der Waals surface area contributed by atoms with E-state index < -0.39 is 0 Å². The zero-order valence-corrected chi connectivity index (χ0v) is 13.5. The predicted octanol–water partition coefficient (Wildman–Crippen LogP) is 6.52. The van der Waals surface area contributed by atoms with Gasteiger partial charge in [-0.2, -0.15) is 0 Å². The minimum Gasteiger partial charge on any atom is -0.436 e. The van der Waals surface area contributed by atoms with E-state index in [1.807, 2.05) is 42.5 Å². The molecule has 0 N–H and O–H groups in total. The average Bonchev–Trinajstić information content (AvgIpc) is 3.18. The van der Waals surface area contributed by atoms with E-state index >= 15 is 0 Å². The molecule has 23 heavy (non-hydrogen) atoms. The van der Waals surface area contributed by atoms with E-state index in [0.29, 0.717) is 10.9 Å². The van der Waals surface area contributed by atoms with Gasteiger partial charge < -0.3 is 4.42 Å². The highest BCUT2D eigenvalue weighted by Crippen LogP contribution is 2.42. The molecule has 0 atom stereocenters. The highest BCUT2D eigenvalue weighted by Gasteiger charge is 2.17. The minimum absolute atomic E-state index is 0.601. The van der Waals surface area contributed by atoms with Crippen LogP contribution in [0, 0.1) is 0 Å². The smallest absolute Gasteiger partial charge is 0.227 e. The molecular formula is C19H10ClNOS. The van der Waals surface area contributed by atoms with Crippen LogP contribution in [0.5, 0.6) is 0 Å². The molecule has 0 radical (unpaired) electrons. The average molecular weight is 336 g/mol. The monoisotopic (exact) mass is 335 g/mol. The predicted molar refractivity (Wildman–Crippen MR) is 97.3 cm³/mol. The van der Waals surface area contributed by atoms with Gasteiger partial charge in [0.2, 0.25) is 5.89 Å². The fraction of sp³-hybridized carbons (Fsp3) is 0. The van der Waals surface area contributed by atoms with Gasteiger partial charge >= 0.3 is 0 Å². The molecule has 0 saturated carbocycles. The number of aromatic nitrogens is 1. The first-order chi connectivity index (χ1) is 11.3. The second-order valence-electron chi connectivity index (χ2n) is 5.40. The van der Waals surface area contributed by atoms with Gasteiger partial charge in [0.1, 0.15) is 5.52 Å². The fourth-order valence-electron chi connectivity index (χ4n) is 2.90. The Kier molecular flexibility index (Phi) is 2.75. The lowest BCUT2D eigenvalue weighted by Gasteiger charge is -1.94. The number of rotatable bonds is 1. The number of halogens is 1. The maximum atomic E-state index is 6.63. The molecule has 110 valence electrons. The Bertz CT molecular complexity index is 1170. The Hall–Kier alpha value is -2.36. The molecule has 5 rings (SSSR count). The summed E-state index contributed by atoms with van der Waals surface area (Å²) in [6.45, 7) is 0. The van der Waals surface area contributed by atoms with Gasteiger partial charge in [0.05, 0.1) is 9.72 Å². The maximum absolute atomic E-state index is 6.63. The van der Waals surface area contributed by atoms with Crippen molar-refractivity contribution in [3.63, 3.8) is 0 Å². The molecular weight excluding hydrogens is 326 g/mol. The van der Waals surface area contributed by atoms with Gasteiger partial charge in [-0.05, 0) is 24.3 Å². The number of oxazole rings is 1. The van der Waals surface area contributed by atoms with Crippen LogP contribution >= 0.6 is 22.9 Å². The van der Waals surface area contributed by atoms with E-state index in [1.54, 1.807) is 11.3 Å². The summed E-state index contributed by atoms with van der Waals surface area (Å²) in [7, 11) is 0. The van der Waals surface area contributed by atoms with Gasteiger partial charge in [-0.15, -0.1) is 11.3 Å². The molecule has 0 bridgehead atoms. The van der Waals surface area contributed by atoms with Crippen LogP contribution < -0.4 is 0 Å². The van der Waals surface area contributed by atoms with Crippen molar-refractivity contribution >= 4 is 54.2 Å². The molecule has 5 aromatic rings. The summed E-state index contributed by atoms with van der Waals surface area (Å²) >= 11 is 8.33. The summed E-state index contributed by atoms with van der Waals surface area (Å²) in [6, 6.07) is 20.2. The molecule has 0 aliphatic rings. The van der Waals surface area contributed by atoms with Gasteiger partial charge in [0, 0.05) is 21.0 Å². The van der Waals surface area contributed by atoms with Crippen LogP contribution in [-0.2, 0) is 0 Å². The van der Waals surface area contributed by atoms with Crippen LogP contribution in [0.3, 0.4) is 0 Å². The third kappa shape index (κ3) is 1.90. The Labute approximate surface area is 140 Å². The summed E-state index contributed by atoms with van der Waals surface area (Å²) in [5.74, 6) is 0.601. The summed E-state index contributed by atoms with van der Waals surface area (Å²) in [4.78, 5) is 4.61. The molecule has 2 nitrogen and oxygen atoms in total. The summed E-state index contributed by atoms with van der Waals surface area (Å²) in [6.07, 6.45) is 0. The number of fused-ring (bicyclic) bond motifs is 4. The molecule has 0 fully saturated rings.